The minimum Gasteiger partial charge on any atom is -0.348 e. The highest BCUT2D eigenvalue weighted by atomic mass is 35.5. The Bertz CT molecular complexity index is 775. The van der Waals surface area contributed by atoms with Gasteiger partial charge in [0.1, 0.15) is 6.33 Å². The molecule has 132 valence electrons. The van der Waals surface area contributed by atoms with E-state index in [1.165, 1.54) is 6.33 Å². The van der Waals surface area contributed by atoms with Gasteiger partial charge in [-0.05, 0) is 25.2 Å². The van der Waals surface area contributed by atoms with Crippen LogP contribution in [0.25, 0.3) is 0 Å². The fourth-order valence-electron chi connectivity index (χ4n) is 2.64. The van der Waals surface area contributed by atoms with Crippen molar-refractivity contribution in [3.8, 4) is 0 Å². The molecule has 3 rings (SSSR count). The van der Waals surface area contributed by atoms with Gasteiger partial charge >= 0.3 is 5.69 Å². The Morgan fingerprint density at radius 1 is 1.12 bits per heavy atom. The number of rotatable bonds is 4. The first-order valence-electron chi connectivity index (χ1n) is 7.60. The zero-order valence-electron chi connectivity index (χ0n) is 13.4. The molecule has 1 aliphatic rings. The molecule has 0 radical (unpaired) electrons. The van der Waals surface area contributed by atoms with Crippen molar-refractivity contribution in [2.24, 2.45) is 0 Å². The van der Waals surface area contributed by atoms with Gasteiger partial charge in [0.2, 0.25) is 11.6 Å². The van der Waals surface area contributed by atoms with Gasteiger partial charge in [-0.15, -0.1) is 0 Å². The van der Waals surface area contributed by atoms with Crippen LogP contribution in [0.5, 0.6) is 0 Å². The molecule has 0 unspecified atom stereocenters. The van der Waals surface area contributed by atoms with Crippen LogP contribution in [0.4, 0.5) is 23.0 Å². The number of aromatic nitrogens is 2. The summed E-state index contributed by atoms with van der Waals surface area (Å²) in [5, 5.41) is 15.4. The van der Waals surface area contributed by atoms with E-state index in [1.54, 1.807) is 18.2 Å². The van der Waals surface area contributed by atoms with E-state index in [2.05, 4.69) is 20.2 Å². The number of hydrogen-bond donors (Lipinski definition) is 1. The summed E-state index contributed by atoms with van der Waals surface area (Å²) in [6.45, 7) is 2.95. The van der Waals surface area contributed by atoms with Crippen LogP contribution >= 0.6 is 23.2 Å². The molecule has 0 spiro atoms. The maximum absolute atomic E-state index is 11.7. The van der Waals surface area contributed by atoms with E-state index in [0.717, 1.165) is 13.1 Å². The molecule has 25 heavy (non-hydrogen) atoms. The number of halogens is 2. The minimum atomic E-state index is -0.470. The molecule has 1 N–H and O–H groups in total. The Morgan fingerprint density at radius 3 is 2.36 bits per heavy atom. The summed E-state index contributed by atoms with van der Waals surface area (Å²) >= 11 is 12.0. The Balaban J connectivity index is 1.96. The Morgan fingerprint density at radius 2 is 1.76 bits per heavy atom. The number of nitro groups is 1. The fourth-order valence-corrected chi connectivity index (χ4v) is 3.17. The zero-order valence-corrected chi connectivity index (χ0v) is 15.0. The molecule has 2 aromatic rings. The van der Waals surface area contributed by atoms with Crippen LogP contribution in [-0.4, -0.2) is 53.0 Å². The first-order valence-corrected chi connectivity index (χ1v) is 8.35. The first-order chi connectivity index (χ1) is 11.9. The van der Waals surface area contributed by atoms with Crippen molar-refractivity contribution in [1.82, 2.24) is 14.9 Å². The van der Waals surface area contributed by atoms with E-state index in [1.807, 2.05) is 11.9 Å². The van der Waals surface area contributed by atoms with E-state index in [9.17, 15) is 10.1 Å². The second-order valence-corrected chi connectivity index (χ2v) is 6.60. The predicted octanol–water partition coefficient (Wildman–Crippen LogP) is 3.19. The van der Waals surface area contributed by atoms with Gasteiger partial charge in [0.25, 0.3) is 0 Å². The number of benzene rings is 1. The lowest BCUT2D eigenvalue weighted by Gasteiger charge is -2.32. The standard InChI is InChI=1S/C15H16Cl2N6O2/c1-21-2-4-22(5-3-21)15-13(23(24)25)14(18-9-19-15)20-12-7-10(16)6-11(17)8-12/h6-9H,2-5H2,1H3,(H,18,19,20). The fraction of sp³-hybridized carbons (Fsp3) is 0.333. The van der Waals surface area contributed by atoms with Gasteiger partial charge in [0.15, 0.2) is 0 Å². The minimum absolute atomic E-state index is 0.104. The first kappa shape index (κ1) is 17.7. The molecule has 1 aromatic carbocycles. The molecule has 1 saturated heterocycles. The summed E-state index contributed by atoms with van der Waals surface area (Å²) in [5.41, 5.74) is 0.353. The number of hydrogen-bond acceptors (Lipinski definition) is 7. The normalized spacial score (nSPS) is 15.2. The lowest BCUT2D eigenvalue weighted by atomic mass is 10.3. The number of piperazine rings is 1. The van der Waals surface area contributed by atoms with Crippen molar-refractivity contribution < 1.29 is 4.92 Å². The molecular formula is C15H16Cl2N6O2. The summed E-state index contributed by atoms with van der Waals surface area (Å²) in [6.07, 6.45) is 1.31. The van der Waals surface area contributed by atoms with Gasteiger partial charge in [0.05, 0.1) is 4.92 Å². The molecule has 1 aromatic heterocycles. The average molecular weight is 383 g/mol. The average Bonchev–Trinajstić information content (AvgIpc) is 2.54. The third-order valence-electron chi connectivity index (χ3n) is 3.91. The molecular weight excluding hydrogens is 367 g/mol. The van der Waals surface area contributed by atoms with Crippen LogP contribution in [0.3, 0.4) is 0 Å². The van der Waals surface area contributed by atoms with Crippen LogP contribution in [0.2, 0.25) is 10.0 Å². The van der Waals surface area contributed by atoms with Crippen molar-refractivity contribution in [1.29, 1.82) is 0 Å². The zero-order chi connectivity index (χ0) is 18.0. The molecule has 0 aliphatic carbocycles. The number of nitrogens with zero attached hydrogens (tertiary/aromatic N) is 5. The number of nitrogens with one attached hydrogen (secondary N) is 1. The largest absolute Gasteiger partial charge is 0.353 e. The molecule has 10 heteroatoms. The molecule has 0 saturated carbocycles. The van der Waals surface area contributed by atoms with Crippen LogP contribution < -0.4 is 10.2 Å². The third-order valence-corrected chi connectivity index (χ3v) is 4.35. The molecule has 2 heterocycles. The van der Waals surface area contributed by atoms with Gasteiger partial charge in [0, 0.05) is 41.9 Å². The topological polar surface area (TPSA) is 87.4 Å². The third kappa shape index (κ3) is 4.09. The number of anilines is 3. The van der Waals surface area contributed by atoms with Crippen molar-refractivity contribution in [2.75, 3.05) is 43.4 Å². The summed E-state index contributed by atoms with van der Waals surface area (Å²) in [4.78, 5) is 23.4. The lowest BCUT2D eigenvalue weighted by molar-refractivity contribution is -0.383. The summed E-state index contributed by atoms with van der Waals surface area (Å²) < 4.78 is 0. The van der Waals surface area contributed by atoms with E-state index in [4.69, 9.17) is 23.2 Å². The Hall–Kier alpha value is -2.16. The van der Waals surface area contributed by atoms with Crippen LogP contribution in [0.15, 0.2) is 24.5 Å². The Kier molecular flexibility index (Phi) is 5.22. The quantitative estimate of drug-likeness (QED) is 0.641. The summed E-state index contributed by atoms with van der Waals surface area (Å²) in [7, 11) is 2.02. The summed E-state index contributed by atoms with van der Waals surface area (Å²) in [5.74, 6) is 0.413. The second kappa shape index (κ2) is 7.38. The lowest BCUT2D eigenvalue weighted by Crippen LogP contribution is -2.45. The van der Waals surface area contributed by atoms with Gasteiger partial charge in [-0.3, -0.25) is 10.1 Å². The molecule has 1 fully saturated rings. The van der Waals surface area contributed by atoms with E-state index in [-0.39, 0.29) is 11.5 Å². The number of likely N-dealkylation sites (N-methyl/N-ethyl adjacent to an activating group) is 1. The van der Waals surface area contributed by atoms with Crippen molar-refractivity contribution in [3.05, 3.63) is 44.7 Å². The van der Waals surface area contributed by atoms with Crippen LogP contribution in [-0.2, 0) is 0 Å². The highest BCUT2D eigenvalue weighted by Gasteiger charge is 2.28. The molecule has 0 bridgehead atoms. The molecule has 1 aliphatic heterocycles. The van der Waals surface area contributed by atoms with Crippen molar-refractivity contribution in [3.63, 3.8) is 0 Å². The van der Waals surface area contributed by atoms with E-state index < -0.39 is 4.92 Å². The van der Waals surface area contributed by atoms with Gasteiger partial charge in [-0.25, -0.2) is 9.97 Å². The second-order valence-electron chi connectivity index (χ2n) is 5.73. The van der Waals surface area contributed by atoms with Crippen LogP contribution in [0, 0.1) is 10.1 Å². The smallest absolute Gasteiger partial charge is 0.348 e. The van der Waals surface area contributed by atoms with Gasteiger partial charge in [-0.2, -0.15) is 0 Å². The van der Waals surface area contributed by atoms with Gasteiger partial charge in [-0.1, -0.05) is 23.2 Å². The van der Waals surface area contributed by atoms with E-state index in [0.29, 0.717) is 34.6 Å². The maximum Gasteiger partial charge on any atom is 0.353 e. The van der Waals surface area contributed by atoms with Crippen LogP contribution in [0.1, 0.15) is 0 Å². The Labute approximate surface area is 154 Å². The molecule has 0 amide bonds. The summed E-state index contributed by atoms with van der Waals surface area (Å²) in [6, 6.07) is 4.82. The van der Waals surface area contributed by atoms with Crippen molar-refractivity contribution >= 4 is 46.2 Å². The van der Waals surface area contributed by atoms with Gasteiger partial charge < -0.3 is 15.1 Å². The van der Waals surface area contributed by atoms with E-state index >= 15 is 0 Å². The molecule has 8 nitrogen and oxygen atoms in total. The highest BCUT2D eigenvalue weighted by molar-refractivity contribution is 6.35. The maximum atomic E-state index is 11.7. The SMILES string of the molecule is CN1CCN(c2ncnc(Nc3cc(Cl)cc(Cl)c3)c2[N+](=O)[O-])CC1. The highest BCUT2D eigenvalue weighted by Crippen LogP contribution is 2.35. The monoisotopic (exact) mass is 382 g/mol. The van der Waals surface area contributed by atoms with Crippen molar-refractivity contribution in [2.45, 2.75) is 0 Å². The predicted molar refractivity (Wildman–Crippen MR) is 98.1 cm³/mol. The molecule has 0 atom stereocenters.